The van der Waals surface area contributed by atoms with Gasteiger partial charge in [-0.05, 0) is 31.5 Å². The van der Waals surface area contributed by atoms with Gasteiger partial charge in [0.05, 0.1) is 13.2 Å². The van der Waals surface area contributed by atoms with Crippen LogP contribution in [0.5, 0.6) is 11.5 Å². The molecule has 0 spiro atoms. The van der Waals surface area contributed by atoms with Crippen molar-refractivity contribution in [2.45, 2.75) is 25.4 Å². The molecule has 3 rings (SSSR count). The lowest BCUT2D eigenvalue weighted by Gasteiger charge is -2.44. The van der Waals surface area contributed by atoms with Crippen molar-refractivity contribution >= 4 is 0 Å². The summed E-state index contributed by atoms with van der Waals surface area (Å²) >= 11 is 0. The Kier molecular flexibility index (Phi) is 4.06. The number of morpholine rings is 1. The largest absolute Gasteiger partial charge is 0.486 e. The molecule has 1 fully saturated rings. The molecule has 1 unspecified atom stereocenters. The highest BCUT2D eigenvalue weighted by Crippen LogP contribution is 2.36. The van der Waals surface area contributed by atoms with Crippen LogP contribution in [0, 0.1) is 0 Å². The standard InChI is InChI=1S/C16H24N2O3/c1-16(2,18-5-7-19-8-6-18)15(17)12-3-4-13-14(11-12)21-10-9-20-13/h3-4,11,15H,5-10,17H2,1-2H3. The Bertz CT molecular complexity index is 498. The van der Waals surface area contributed by atoms with Crippen LogP contribution in [-0.4, -0.2) is 50.0 Å². The molecule has 2 aliphatic rings. The minimum Gasteiger partial charge on any atom is -0.486 e. The molecule has 0 aromatic heterocycles. The fourth-order valence-corrected chi connectivity index (χ4v) is 3.00. The van der Waals surface area contributed by atoms with Gasteiger partial charge in [0.2, 0.25) is 0 Å². The third kappa shape index (κ3) is 2.86. The quantitative estimate of drug-likeness (QED) is 0.916. The van der Waals surface area contributed by atoms with Gasteiger partial charge >= 0.3 is 0 Å². The van der Waals surface area contributed by atoms with E-state index in [2.05, 4.69) is 18.7 Å². The average molecular weight is 292 g/mol. The van der Waals surface area contributed by atoms with E-state index in [4.69, 9.17) is 19.9 Å². The van der Waals surface area contributed by atoms with Crippen molar-refractivity contribution in [2.24, 2.45) is 5.73 Å². The predicted octanol–water partition coefficient (Wildman–Crippen LogP) is 1.57. The van der Waals surface area contributed by atoms with Gasteiger partial charge in [0.1, 0.15) is 13.2 Å². The van der Waals surface area contributed by atoms with E-state index in [0.717, 1.165) is 43.4 Å². The fraction of sp³-hybridized carbons (Fsp3) is 0.625. The van der Waals surface area contributed by atoms with E-state index in [1.807, 2.05) is 18.2 Å². The molecule has 0 saturated carbocycles. The minimum atomic E-state index is -0.131. The monoisotopic (exact) mass is 292 g/mol. The van der Waals surface area contributed by atoms with Gasteiger partial charge in [-0.25, -0.2) is 0 Å². The van der Waals surface area contributed by atoms with Gasteiger partial charge in [-0.2, -0.15) is 0 Å². The van der Waals surface area contributed by atoms with E-state index < -0.39 is 0 Å². The van der Waals surface area contributed by atoms with E-state index in [1.54, 1.807) is 0 Å². The van der Waals surface area contributed by atoms with Crippen LogP contribution in [0.3, 0.4) is 0 Å². The maximum absolute atomic E-state index is 6.56. The zero-order valence-corrected chi connectivity index (χ0v) is 12.8. The molecular formula is C16H24N2O3. The zero-order chi connectivity index (χ0) is 14.9. The maximum atomic E-state index is 6.56. The molecule has 1 aromatic carbocycles. The third-order valence-corrected chi connectivity index (χ3v) is 4.51. The Hall–Kier alpha value is -1.30. The Balaban J connectivity index is 1.81. The molecule has 0 radical (unpaired) electrons. The number of rotatable bonds is 3. The molecule has 5 nitrogen and oxygen atoms in total. The minimum absolute atomic E-state index is 0.0913. The molecule has 1 atom stereocenters. The highest BCUT2D eigenvalue weighted by atomic mass is 16.6. The number of benzene rings is 1. The summed E-state index contributed by atoms with van der Waals surface area (Å²) in [5.41, 5.74) is 7.51. The first-order valence-electron chi connectivity index (χ1n) is 7.57. The van der Waals surface area contributed by atoms with E-state index in [1.165, 1.54) is 0 Å². The summed E-state index contributed by atoms with van der Waals surface area (Å²) < 4.78 is 16.7. The van der Waals surface area contributed by atoms with Crippen LogP contribution in [0.15, 0.2) is 18.2 Å². The molecule has 2 N–H and O–H groups in total. The predicted molar refractivity (Wildman–Crippen MR) is 80.8 cm³/mol. The van der Waals surface area contributed by atoms with Crippen molar-refractivity contribution in [3.8, 4) is 11.5 Å². The SMILES string of the molecule is CC(C)(C(N)c1ccc2c(c1)OCCO2)N1CCOCC1. The molecule has 0 amide bonds. The van der Waals surface area contributed by atoms with Gasteiger partial charge < -0.3 is 19.9 Å². The van der Waals surface area contributed by atoms with Crippen LogP contribution in [-0.2, 0) is 4.74 Å². The van der Waals surface area contributed by atoms with Gasteiger partial charge in [0.25, 0.3) is 0 Å². The Labute approximate surface area is 126 Å². The lowest BCUT2D eigenvalue weighted by Crippen LogP contribution is -2.55. The molecule has 0 aliphatic carbocycles. The van der Waals surface area contributed by atoms with Gasteiger partial charge in [-0.3, -0.25) is 4.90 Å². The maximum Gasteiger partial charge on any atom is 0.161 e. The lowest BCUT2D eigenvalue weighted by atomic mass is 9.87. The average Bonchev–Trinajstić information content (AvgIpc) is 2.54. The van der Waals surface area contributed by atoms with Crippen LogP contribution < -0.4 is 15.2 Å². The van der Waals surface area contributed by atoms with Gasteiger partial charge in [-0.1, -0.05) is 6.07 Å². The van der Waals surface area contributed by atoms with Gasteiger partial charge in [0, 0.05) is 24.7 Å². The molecule has 5 heteroatoms. The molecule has 116 valence electrons. The molecule has 2 aliphatic heterocycles. The second-order valence-corrected chi connectivity index (χ2v) is 6.13. The number of hydrogen-bond donors (Lipinski definition) is 1. The summed E-state index contributed by atoms with van der Waals surface area (Å²) in [7, 11) is 0. The summed E-state index contributed by atoms with van der Waals surface area (Å²) in [6.45, 7) is 8.99. The van der Waals surface area contributed by atoms with Crippen LogP contribution >= 0.6 is 0 Å². The molecule has 0 bridgehead atoms. The van der Waals surface area contributed by atoms with Crippen LogP contribution in [0.4, 0.5) is 0 Å². The van der Waals surface area contributed by atoms with Crippen molar-refractivity contribution < 1.29 is 14.2 Å². The Morgan fingerprint density at radius 1 is 1.05 bits per heavy atom. The lowest BCUT2D eigenvalue weighted by molar-refractivity contribution is -0.0191. The summed E-state index contributed by atoms with van der Waals surface area (Å²) in [6, 6.07) is 5.92. The highest BCUT2D eigenvalue weighted by molar-refractivity contribution is 5.45. The second kappa shape index (κ2) is 5.83. The molecule has 21 heavy (non-hydrogen) atoms. The molecule has 2 heterocycles. The van der Waals surface area contributed by atoms with Crippen molar-refractivity contribution in [1.29, 1.82) is 0 Å². The molecule has 1 aromatic rings. The van der Waals surface area contributed by atoms with Gasteiger partial charge in [0.15, 0.2) is 11.5 Å². The summed E-state index contributed by atoms with van der Waals surface area (Å²) in [5, 5.41) is 0. The Morgan fingerprint density at radius 3 is 2.43 bits per heavy atom. The molecule has 1 saturated heterocycles. The van der Waals surface area contributed by atoms with Crippen LogP contribution in [0.25, 0.3) is 0 Å². The van der Waals surface area contributed by atoms with E-state index in [9.17, 15) is 0 Å². The van der Waals surface area contributed by atoms with Crippen molar-refractivity contribution in [3.63, 3.8) is 0 Å². The number of hydrogen-bond acceptors (Lipinski definition) is 5. The Morgan fingerprint density at radius 2 is 1.71 bits per heavy atom. The number of ether oxygens (including phenoxy) is 3. The molecular weight excluding hydrogens is 268 g/mol. The van der Waals surface area contributed by atoms with Crippen molar-refractivity contribution in [3.05, 3.63) is 23.8 Å². The van der Waals surface area contributed by atoms with Crippen LogP contribution in [0.2, 0.25) is 0 Å². The third-order valence-electron chi connectivity index (χ3n) is 4.51. The first-order valence-corrected chi connectivity index (χ1v) is 7.57. The van der Waals surface area contributed by atoms with Crippen LogP contribution in [0.1, 0.15) is 25.5 Å². The first kappa shape index (κ1) is 14.6. The topological polar surface area (TPSA) is 57.0 Å². The van der Waals surface area contributed by atoms with Gasteiger partial charge in [-0.15, -0.1) is 0 Å². The number of fused-ring (bicyclic) bond motifs is 1. The summed E-state index contributed by atoms with van der Waals surface area (Å²) in [6.07, 6.45) is 0. The fourth-order valence-electron chi connectivity index (χ4n) is 3.00. The number of nitrogens with two attached hydrogens (primary N) is 1. The van der Waals surface area contributed by atoms with E-state index in [0.29, 0.717) is 13.2 Å². The summed E-state index contributed by atoms with van der Waals surface area (Å²) in [5.74, 6) is 1.60. The second-order valence-electron chi connectivity index (χ2n) is 6.13. The first-order chi connectivity index (χ1) is 10.1. The normalized spacial score (nSPS) is 21.1. The smallest absolute Gasteiger partial charge is 0.161 e. The van der Waals surface area contributed by atoms with Crippen molar-refractivity contribution in [1.82, 2.24) is 4.90 Å². The summed E-state index contributed by atoms with van der Waals surface area (Å²) in [4.78, 5) is 2.40. The number of nitrogens with zero attached hydrogens (tertiary/aromatic N) is 1. The van der Waals surface area contributed by atoms with E-state index >= 15 is 0 Å². The van der Waals surface area contributed by atoms with Crippen molar-refractivity contribution in [2.75, 3.05) is 39.5 Å². The highest BCUT2D eigenvalue weighted by Gasteiger charge is 2.35. The van der Waals surface area contributed by atoms with E-state index in [-0.39, 0.29) is 11.6 Å². The zero-order valence-electron chi connectivity index (χ0n) is 12.8.